The van der Waals surface area contributed by atoms with Crippen molar-refractivity contribution in [3.63, 3.8) is 0 Å². The Bertz CT molecular complexity index is 1020. The Labute approximate surface area is 182 Å². The van der Waals surface area contributed by atoms with Gasteiger partial charge in [-0.1, -0.05) is 29.8 Å². The minimum atomic E-state index is -0.509. The van der Waals surface area contributed by atoms with Gasteiger partial charge in [-0.25, -0.2) is 4.98 Å². The third kappa shape index (κ3) is 5.68. The van der Waals surface area contributed by atoms with Crippen molar-refractivity contribution in [2.24, 2.45) is 7.05 Å². The zero-order chi connectivity index (χ0) is 21.5. The molecular weight excluding hydrogens is 426 g/mol. The van der Waals surface area contributed by atoms with E-state index < -0.39 is 17.9 Å². The highest BCUT2D eigenvalue weighted by atomic mass is 35.5. The first-order chi connectivity index (χ1) is 14.4. The molecule has 2 aromatic heterocycles. The number of amides is 3. The zero-order valence-electron chi connectivity index (χ0n) is 16.1. The van der Waals surface area contributed by atoms with Crippen molar-refractivity contribution < 1.29 is 14.4 Å². The molecule has 0 saturated carbocycles. The number of imidazole rings is 1. The lowest BCUT2D eigenvalue weighted by Gasteiger charge is -2.19. The molecule has 0 unspecified atom stereocenters. The topological polar surface area (TPSA) is 105 Å². The normalized spacial score (nSPS) is 11.5. The number of carbonyl (C=O) groups excluding carboxylic acids is 3. The number of hydrogen-bond donors (Lipinski definition) is 3. The number of aryl methyl sites for hydroxylation is 1. The summed E-state index contributed by atoms with van der Waals surface area (Å²) in [6, 6.07) is 9.99. The lowest BCUT2D eigenvalue weighted by molar-refractivity contribution is -0.125. The Morgan fingerprint density at radius 2 is 1.83 bits per heavy atom. The van der Waals surface area contributed by atoms with Gasteiger partial charge in [0.2, 0.25) is 11.8 Å². The van der Waals surface area contributed by atoms with Crippen molar-refractivity contribution in [2.75, 3.05) is 13.1 Å². The number of benzene rings is 1. The molecule has 3 N–H and O–H groups in total. The van der Waals surface area contributed by atoms with Crippen LogP contribution in [0.15, 0.2) is 54.2 Å². The number of halogens is 1. The van der Waals surface area contributed by atoms with Gasteiger partial charge < -0.3 is 20.5 Å². The summed E-state index contributed by atoms with van der Waals surface area (Å²) in [5, 5.41) is 10.2. The van der Waals surface area contributed by atoms with Crippen LogP contribution in [-0.4, -0.2) is 40.4 Å². The smallest absolute Gasteiger partial charge is 0.261 e. The Balaban J connectivity index is 1.55. The number of nitrogens with one attached hydrogen (secondary N) is 3. The van der Waals surface area contributed by atoms with Gasteiger partial charge in [-0.05, 0) is 29.1 Å². The molecule has 8 nitrogen and oxygen atoms in total. The highest BCUT2D eigenvalue weighted by molar-refractivity contribution is 7.12. The van der Waals surface area contributed by atoms with E-state index in [0.717, 1.165) is 5.56 Å². The molecule has 156 valence electrons. The second-order valence-corrected chi connectivity index (χ2v) is 7.77. The summed E-state index contributed by atoms with van der Waals surface area (Å²) in [6.07, 6.45) is 3.42. The molecule has 0 aliphatic rings. The van der Waals surface area contributed by atoms with Gasteiger partial charge in [-0.3, -0.25) is 14.4 Å². The number of aromatic nitrogens is 2. The first-order valence-electron chi connectivity index (χ1n) is 9.04. The summed E-state index contributed by atoms with van der Waals surface area (Å²) < 4.78 is 1.80. The minimum Gasteiger partial charge on any atom is -0.346 e. The van der Waals surface area contributed by atoms with Crippen LogP contribution in [0.1, 0.15) is 27.1 Å². The van der Waals surface area contributed by atoms with Gasteiger partial charge in [0, 0.05) is 24.5 Å². The van der Waals surface area contributed by atoms with Gasteiger partial charge in [0.25, 0.3) is 5.91 Å². The van der Waals surface area contributed by atoms with E-state index in [0.29, 0.717) is 15.7 Å². The van der Waals surface area contributed by atoms with Crippen LogP contribution in [0.3, 0.4) is 0 Å². The van der Waals surface area contributed by atoms with Crippen molar-refractivity contribution in [3.8, 4) is 0 Å². The van der Waals surface area contributed by atoms with Crippen molar-refractivity contribution in [3.05, 3.63) is 75.5 Å². The molecule has 0 aliphatic heterocycles. The Morgan fingerprint density at radius 3 is 2.47 bits per heavy atom. The highest BCUT2D eigenvalue weighted by Crippen LogP contribution is 2.22. The molecule has 0 radical (unpaired) electrons. The maximum absolute atomic E-state index is 12.5. The molecule has 30 heavy (non-hydrogen) atoms. The van der Waals surface area contributed by atoms with Crippen molar-refractivity contribution in [2.45, 2.75) is 6.04 Å². The molecule has 10 heteroatoms. The monoisotopic (exact) mass is 445 g/mol. The molecule has 0 bridgehead atoms. The lowest BCUT2D eigenvalue weighted by Crippen LogP contribution is -2.43. The minimum absolute atomic E-state index is 0.218. The highest BCUT2D eigenvalue weighted by Gasteiger charge is 2.21. The van der Waals surface area contributed by atoms with Crippen LogP contribution in [0.25, 0.3) is 0 Å². The molecule has 2 heterocycles. The van der Waals surface area contributed by atoms with Crippen LogP contribution < -0.4 is 16.0 Å². The van der Waals surface area contributed by atoms with Crippen LogP contribution in [0.4, 0.5) is 0 Å². The summed E-state index contributed by atoms with van der Waals surface area (Å²) in [5.74, 6) is -0.548. The fraction of sp³-hybridized carbons (Fsp3) is 0.200. The summed E-state index contributed by atoms with van der Waals surface area (Å²) in [6.45, 7) is -0.452. The molecule has 0 aliphatic carbocycles. The van der Waals surface area contributed by atoms with E-state index in [1.54, 1.807) is 58.7 Å². The van der Waals surface area contributed by atoms with E-state index in [1.807, 2.05) is 7.05 Å². The zero-order valence-corrected chi connectivity index (χ0v) is 17.7. The summed E-state index contributed by atoms with van der Waals surface area (Å²) in [4.78, 5) is 41.1. The van der Waals surface area contributed by atoms with E-state index >= 15 is 0 Å². The van der Waals surface area contributed by atoms with Crippen LogP contribution in [0, 0.1) is 0 Å². The van der Waals surface area contributed by atoms with Gasteiger partial charge in [-0.2, -0.15) is 0 Å². The Kier molecular flexibility index (Phi) is 7.21. The molecule has 3 rings (SSSR count). The average molecular weight is 446 g/mol. The fourth-order valence-corrected chi connectivity index (χ4v) is 3.48. The molecule has 0 saturated heterocycles. The standard InChI is InChI=1S/C20H20ClN5O3S/c1-26-9-8-22-19(26)18(13-4-6-14(21)7-5-13)25-17(28)12-23-16(27)11-24-20(29)15-3-2-10-30-15/h2-10,18H,11-12H2,1H3,(H,23,27)(H,24,29)(H,25,28)/t18-/m1/s1. The summed E-state index contributed by atoms with van der Waals surface area (Å²) >= 11 is 7.24. The van der Waals surface area contributed by atoms with E-state index in [4.69, 9.17) is 11.6 Å². The maximum atomic E-state index is 12.5. The van der Waals surface area contributed by atoms with Crippen LogP contribution in [-0.2, 0) is 16.6 Å². The van der Waals surface area contributed by atoms with Gasteiger partial charge in [0.05, 0.1) is 18.0 Å². The summed E-state index contributed by atoms with van der Waals surface area (Å²) in [5.41, 5.74) is 0.802. The Morgan fingerprint density at radius 1 is 1.10 bits per heavy atom. The van der Waals surface area contributed by atoms with Gasteiger partial charge in [0.1, 0.15) is 11.9 Å². The van der Waals surface area contributed by atoms with Gasteiger partial charge in [0.15, 0.2) is 0 Å². The number of thiophene rings is 1. The molecule has 1 atom stereocenters. The quantitative estimate of drug-likeness (QED) is 0.492. The second-order valence-electron chi connectivity index (χ2n) is 6.39. The molecule has 0 fully saturated rings. The first-order valence-corrected chi connectivity index (χ1v) is 10.3. The third-order valence-corrected chi connectivity index (χ3v) is 5.35. The van der Waals surface area contributed by atoms with Gasteiger partial charge >= 0.3 is 0 Å². The van der Waals surface area contributed by atoms with Crippen LogP contribution in [0.2, 0.25) is 5.02 Å². The molecule has 1 aromatic carbocycles. The van der Waals surface area contributed by atoms with E-state index in [2.05, 4.69) is 20.9 Å². The van der Waals surface area contributed by atoms with Crippen molar-refractivity contribution in [1.29, 1.82) is 0 Å². The van der Waals surface area contributed by atoms with Crippen molar-refractivity contribution >= 4 is 40.7 Å². The van der Waals surface area contributed by atoms with E-state index in [1.165, 1.54) is 11.3 Å². The second kappa shape index (κ2) is 10.0. The van der Waals surface area contributed by atoms with E-state index in [9.17, 15) is 14.4 Å². The van der Waals surface area contributed by atoms with Gasteiger partial charge in [-0.15, -0.1) is 11.3 Å². The fourth-order valence-electron chi connectivity index (χ4n) is 2.72. The van der Waals surface area contributed by atoms with Crippen LogP contribution >= 0.6 is 22.9 Å². The first kappa shape index (κ1) is 21.5. The lowest BCUT2D eigenvalue weighted by atomic mass is 10.1. The largest absolute Gasteiger partial charge is 0.346 e. The average Bonchev–Trinajstić information content (AvgIpc) is 3.41. The molecular formula is C20H20ClN5O3S. The maximum Gasteiger partial charge on any atom is 0.261 e. The van der Waals surface area contributed by atoms with Crippen molar-refractivity contribution in [1.82, 2.24) is 25.5 Å². The van der Waals surface area contributed by atoms with E-state index in [-0.39, 0.29) is 19.0 Å². The predicted octanol–water partition coefficient (Wildman–Crippen LogP) is 1.89. The number of rotatable bonds is 8. The number of carbonyl (C=O) groups is 3. The molecule has 0 spiro atoms. The molecule has 3 aromatic rings. The number of nitrogens with zero attached hydrogens (tertiary/aromatic N) is 2. The predicted molar refractivity (Wildman–Crippen MR) is 114 cm³/mol. The third-order valence-electron chi connectivity index (χ3n) is 4.23. The molecule has 3 amide bonds. The van der Waals surface area contributed by atoms with Crippen LogP contribution in [0.5, 0.6) is 0 Å². The SMILES string of the molecule is Cn1ccnc1[C@H](NC(=O)CNC(=O)CNC(=O)c1cccs1)c1ccc(Cl)cc1. The number of hydrogen-bond acceptors (Lipinski definition) is 5. The Hall–Kier alpha value is -3.17. The summed E-state index contributed by atoms with van der Waals surface area (Å²) in [7, 11) is 1.83.